The van der Waals surface area contributed by atoms with Crippen molar-refractivity contribution in [2.24, 2.45) is 10.9 Å². The molecule has 0 saturated carbocycles. The van der Waals surface area contributed by atoms with E-state index < -0.39 is 0 Å². The summed E-state index contributed by atoms with van der Waals surface area (Å²) >= 11 is 5.86. The summed E-state index contributed by atoms with van der Waals surface area (Å²) in [5, 5.41) is 4.01. The van der Waals surface area contributed by atoms with Gasteiger partial charge >= 0.3 is 5.97 Å². The standard InChI is InChI=1S/C19H28ClN3O3.HI/c1-3-21-19(22-11-14-26-17-7-5-16(20)6-8-17)23-12-9-15(10-13-23)18(24)25-4-2;/h5-8,15H,3-4,9-14H2,1-2H3,(H,21,22);1H. The van der Waals surface area contributed by atoms with Crippen LogP contribution in [-0.4, -0.2) is 56.2 Å². The average Bonchev–Trinajstić information content (AvgIpc) is 2.66. The highest BCUT2D eigenvalue weighted by Crippen LogP contribution is 2.19. The van der Waals surface area contributed by atoms with Crippen molar-refractivity contribution in [3.05, 3.63) is 29.3 Å². The summed E-state index contributed by atoms with van der Waals surface area (Å²) in [6, 6.07) is 7.30. The number of esters is 1. The highest BCUT2D eigenvalue weighted by molar-refractivity contribution is 14.0. The van der Waals surface area contributed by atoms with Gasteiger partial charge in [-0.3, -0.25) is 4.79 Å². The Morgan fingerprint density at radius 1 is 1.26 bits per heavy atom. The lowest BCUT2D eigenvalue weighted by atomic mass is 9.97. The molecule has 0 bridgehead atoms. The molecule has 2 rings (SSSR count). The molecule has 1 N–H and O–H groups in total. The maximum Gasteiger partial charge on any atom is 0.309 e. The Morgan fingerprint density at radius 2 is 1.93 bits per heavy atom. The van der Waals surface area contributed by atoms with Crippen LogP contribution in [0.5, 0.6) is 5.75 Å². The number of nitrogens with zero attached hydrogens (tertiary/aromatic N) is 2. The van der Waals surface area contributed by atoms with Gasteiger partial charge in [0.2, 0.25) is 0 Å². The zero-order valence-corrected chi connectivity index (χ0v) is 19.0. The molecule has 8 heteroatoms. The third-order valence-corrected chi connectivity index (χ3v) is 4.44. The molecule has 0 atom stereocenters. The number of hydrogen-bond donors (Lipinski definition) is 1. The molecular formula is C19H29ClIN3O3. The Bertz CT molecular complexity index is 590. The number of benzene rings is 1. The Balaban J connectivity index is 0.00000364. The zero-order valence-electron chi connectivity index (χ0n) is 15.9. The van der Waals surface area contributed by atoms with E-state index in [9.17, 15) is 4.79 Å². The number of nitrogens with one attached hydrogen (secondary N) is 1. The molecule has 0 radical (unpaired) electrons. The fraction of sp³-hybridized carbons (Fsp3) is 0.579. The third kappa shape index (κ3) is 8.13. The van der Waals surface area contributed by atoms with Crippen molar-refractivity contribution in [3.8, 4) is 5.75 Å². The minimum absolute atomic E-state index is 0. The number of rotatable bonds is 7. The van der Waals surface area contributed by atoms with E-state index in [1.54, 1.807) is 12.1 Å². The van der Waals surface area contributed by atoms with Gasteiger partial charge in [-0.2, -0.15) is 0 Å². The van der Waals surface area contributed by atoms with Crippen LogP contribution in [0.1, 0.15) is 26.7 Å². The third-order valence-electron chi connectivity index (χ3n) is 4.18. The van der Waals surface area contributed by atoms with Crippen molar-refractivity contribution in [1.82, 2.24) is 10.2 Å². The second kappa shape index (κ2) is 13.0. The van der Waals surface area contributed by atoms with Crippen LogP contribution >= 0.6 is 35.6 Å². The number of aliphatic imine (C=N–C) groups is 1. The SMILES string of the molecule is CCNC(=NCCOc1ccc(Cl)cc1)N1CCC(C(=O)OCC)CC1.I. The van der Waals surface area contributed by atoms with Gasteiger partial charge in [-0.05, 0) is 51.0 Å². The maximum absolute atomic E-state index is 11.9. The fourth-order valence-electron chi connectivity index (χ4n) is 2.86. The van der Waals surface area contributed by atoms with Crippen molar-refractivity contribution >= 4 is 47.5 Å². The molecule has 0 aliphatic carbocycles. The summed E-state index contributed by atoms with van der Waals surface area (Å²) in [6.07, 6.45) is 1.59. The molecule has 152 valence electrons. The summed E-state index contributed by atoms with van der Waals surface area (Å²) in [5.74, 6) is 1.58. The van der Waals surface area contributed by atoms with Crippen LogP contribution in [-0.2, 0) is 9.53 Å². The van der Waals surface area contributed by atoms with E-state index in [1.165, 1.54) is 0 Å². The van der Waals surface area contributed by atoms with E-state index in [1.807, 2.05) is 26.0 Å². The molecule has 0 spiro atoms. The first-order valence-electron chi connectivity index (χ1n) is 9.22. The van der Waals surface area contributed by atoms with Gasteiger partial charge in [0, 0.05) is 24.7 Å². The van der Waals surface area contributed by atoms with Gasteiger partial charge in [-0.15, -0.1) is 24.0 Å². The van der Waals surface area contributed by atoms with Crippen LogP contribution in [0.15, 0.2) is 29.3 Å². The van der Waals surface area contributed by atoms with Gasteiger partial charge in [0.25, 0.3) is 0 Å². The van der Waals surface area contributed by atoms with Gasteiger partial charge in [-0.1, -0.05) is 11.6 Å². The number of halogens is 2. The van der Waals surface area contributed by atoms with Crippen molar-refractivity contribution in [3.63, 3.8) is 0 Å². The van der Waals surface area contributed by atoms with Crippen LogP contribution in [0.25, 0.3) is 0 Å². The van der Waals surface area contributed by atoms with E-state index in [0.29, 0.717) is 24.8 Å². The van der Waals surface area contributed by atoms with Crippen molar-refractivity contribution in [2.75, 3.05) is 39.4 Å². The molecule has 6 nitrogen and oxygen atoms in total. The quantitative estimate of drug-likeness (QED) is 0.200. The predicted molar refractivity (Wildman–Crippen MR) is 119 cm³/mol. The second-order valence-electron chi connectivity index (χ2n) is 6.05. The molecule has 0 unspecified atom stereocenters. The van der Waals surface area contributed by atoms with Crippen molar-refractivity contribution < 1.29 is 14.3 Å². The van der Waals surface area contributed by atoms with Crippen molar-refractivity contribution in [2.45, 2.75) is 26.7 Å². The first-order valence-corrected chi connectivity index (χ1v) is 9.60. The number of carbonyl (C=O) groups excluding carboxylic acids is 1. The van der Waals surface area contributed by atoms with Gasteiger partial charge in [0.15, 0.2) is 5.96 Å². The fourth-order valence-corrected chi connectivity index (χ4v) is 2.98. The molecule has 0 aromatic heterocycles. The van der Waals surface area contributed by atoms with E-state index in [2.05, 4.69) is 15.2 Å². The Morgan fingerprint density at radius 3 is 2.52 bits per heavy atom. The normalized spacial score (nSPS) is 15.1. The lowest BCUT2D eigenvalue weighted by Crippen LogP contribution is -2.46. The van der Waals surface area contributed by atoms with Gasteiger partial charge in [0.1, 0.15) is 12.4 Å². The highest BCUT2D eigenvalue weighted by Gasteiger charge is 2.27. The number of likely N-dealkylation sites (tertiary alicyclic amines) is 1. The van der Waals surface area contributed by atoms with E-state index in [4.69, 9.17) is 21.1 Å². The molecule has 1 aromatic carbocycles. The van der Waals surface area contributed by atoms with Gasteiger partial charge in [0.05, 0.1) is 19.1 Å². The van der Waals surface area contributed by atoms with E-state index in [0.717, 1.165) is 44.2 Å². The number of ether oxygens (including phenoxy) is 2. The molecule has 1 fully saturated rings. The average molecular weight is 510 g/mol. The summed E-state index contributed by atoms with van der Waals surface area (Å²) in [7, 11) is 0. The van der Waals surface area contributed by atoms with E-state index in [-0.39, 0.29) is 35.9 Å². The summed E-state index contributed by atoms with van der Waals surface area (Å²) in [6.45, 7) is 7.78. The minimum atomic E-state index is -0.0783. The van der Waals surface area contributed by atoms with Crippen molar-refractivity contribution in [1.29, 1.82) is 0 Å². The zero-order chi connectivity index (χ0) is 18.8. The molecule has 1 heterocycles. The minimum Gasteiger partial charge on any atom is -0.492 e. The maximum atomic E-state index is 11.9. The molecule has 1 aliphatic heterocycles. The first kappa shape index (κ1) is 23.8. The molecule has 0 amide bonds. The lowest BCUT2D eigenvalue weighted by Gasteiger charge is -2.33. The number of guanidine groups is 1. The topological polar surface area (TPSA) is 63.2 Å². The first-order chi connectivity index (χ1) is 12.6. The molecule has 1 aromatic rings. The second-order valence-corrected chi connectivity index (χ2v) is 6.49. The number of hydrogen-bond acceptors (Lipinski definition) is 4. The molecule has 1 saturated heterocycles. The number of piperidine rings is 1. The van der Waals surface area contributed by atoms with Gasteiger partial charge in [-0.25, -0.2) is 4.99 Å². The summed E-state index contributed by atoms with van der Waals surface area (Å²) < 4.78 is 10.8. The highest BCUT2D eigenvalue weighted by atomic mass is 127. The Labute approximate surface area is 183 Å². The predicted octanol–water partition coefficient (Wildman–Crippen LogP) is 3.58. The smallest absolute Gasteiger partial charge is 0.309 e. The summed E-state index contributed by atoms with van der Waals surface area (Å²) in [5.41, 5.74) is 0. The number of carbonyl (C=O) groups is 1. The van der Waals surface area contributed by atoms with Crippen LogP contribution in [0, 0.1) is 5.92 Å². The lowest BCUT2D eigenvalue weighted by molar-refractivity contribution is -0.149. The molecular weight excluding hydrogens is 481 g/mol. The monoisotopic (exact) mass is 509 g/mol. The Hall–Kier alpha value is -1.22. The molecule has 1 aliphatic rings. The van der Waals surface area contributed by atoms with Crippen LogP contribution in [0.4, 0.5) is 0 Å². The largest absolute Gasteiger partial charge is 0.492 e. The Kier molecular flexibility index (Phi) is 11.5. The van der Waals surface area contributed by atoms with Gasteiger partial charge < -0.3 is 19.7 Å². The van der Waals surface area contributed by atoms with Crippen LogP contribution in [0.3, 0.4) is 0 Å². The molecule has 27 heavy (non-hydrogen) atoms. The van der Waals surface area contributed by atoms with Crippen LogP contribution in [0.2, 0.25) is 5.02 Å². The van der Waals surface area contributed by atoms with Crippen LogP contribution < -0.4 is 10.1 Å². The van der Waals surface area contributed by atoms with E-state index >= 15 is 0 Å². The summed E-state index contributed by atoms with van der Waals surface area (Å²) in [4.78, 5) is 18.7.